The molecule has 3 heterocycles. The van der Waals surface area contributed by atoms with Crippen molar-refractivity contribution in [3.05, 3.63) is 84.1 Å². The summed E-state index contributed by atoms with van der Waals surface area (Å²) in [6, 6.07) is 20.2. The van der Waals surface area contributed by atoms with Crippen molar-refractivity contribution >= 4 is 39.1 Å². The van der Waals surface area contributed by atoms with Gasteiger partial charge in [-0.15, -0.1) is 0 Å². The Morgan fingerprint density at radius 2 is 1.84 bits per heavy atom. The molecule has 0 aliphatic carbocycles. The van der Waals surface area contributed by atoms with E-state index >= 15 is 0 Å². The SMILES string of the molecule is Cc1ccc(CN2c3ccccc3-c3nc(SCC(=O)Nc4ccc5c(c4)OCO5)ncc3S2(=O)=O)cc1. The van der Waals surface area contributed by atoms with Crippen molar-refractivity contribution in [2.45, 2.75) is 23.5 Å². The Bertz CT molecular complexity index is 1660. The number of rotatable bonds is 6. The van der Waals surface area contributed by atoms with Crippen LogP contribution in [0.4, 0.5) is 11.4 Å². The molecule has 1 amide bonds. The summed E-state index contributed by atoms with van der Waals surface area (Å²) in [5, 5.41) is 3.12. The fraction of sp³-hybridized carbons (Fsp3) is 0.148. The van der Waals surface area contributed by atoms with Gasteiger partial charge >= 0.3 is 0 Å². The molecule has 0 atom stereocenters. The number of hydrogen-bond acceptors (Lipinski definition) is 8. The van der Waals surface area contributed by atoms with Crippen LogP contribution in [0.3, 0.4) is 0 Å². The highest BCUT2D eigenvalue weighted by Gasteiger charge is 2.36. The molecule has 0 fully saturated rings. The van der Waals surface area contributed by atoms with E-state index in [-0.39, 0.29) is 29.9 Å². The van der Waals surface area contributed by atoms with Gasteiger partial charge in [0.1, 0.15) is 4.90 Å². The molecule has 2 aliphatic rings. The third-order valence-electron chi connectivity index (χ3n) is 6.16. The summed E-state index contributed by atoms with van der Waals surface area (Å²) in [5.74, 6) is 0.992. The monoisotopic (exact) mass is 546 g/mol. The van der Waals surface area contributed by atoms with Crippen molar-refractivity contribution in [2.24, 2.45) is 0 Å². The Morgan fingerprint density at radius 3 is 2.68 bits per heavy atom. The van der Waals surface area contributed by atoms with E-state index in [1.165, 1.54) is 10.5 Å². The van der Waals surface area contributed by atoms with Crippen LogP contribution >= 0.6 is 11.8 Å². The van der Waals surface area contributed by atoms with Gasteiger partial charge in [0.15, 0.2) is 16.7 Å². The Labute approximate surface area is 223 Å². The number of fused-ring (bicyclic) bond motifs is 4. The van der Waals surface area contributed by atoms with E-state index in [9.17, 15) is 13.2 Å². The molecule has 3 aromatic carbocycles. The number of para-hydroxylation sites is 1. The maximum Gasteiger partial charge on any atom is 0.268 e. The number of sulfonamides is 1. The molecule has 0 unspecified atom stereocenters. The van der Waals surface area contributed by atoms with Gasteiger partial charge in [0.2, 0.25) is 12.7 Å². The number of nitrogens with zero attached hydrogens (tertiary/aromatic N) is 3. The average Bonchev–Trinajstić information content (AvgIpc) is 3.39. The lowest BCUT2D eigenvalue weighted by atomic mass is 10.1. The topological polar surface area (TPSA) is 111 Å². The van der Waals surface area contributed by atoms with Crippen molar-refractivity contribution in [1.29, 1.82) is 0 Å². The van der Waals surface area contributed by atoms with E-state index in [2.05, 4.69) is 15.3 Å². The molecule has 11 heteroatoms. The first-order valence-corrected chi connectivity index (χ1v) is 14.2. The number of hydrogen-bond donors (Lipinski definition) is 1. The van der Waals surface area contributed by atoms with E-state index in [1.54, 1.807) is 30.3 Å². The fourth-order valence-corrected chi connectivity index (χ4v) is 6.45. The number of ether oxygens (including phenoxy) is 2. The number of carbonyl (C=O) groups excluding carboxylic acids is 1. The molecule has 192 valence electrons. The molecule has 9 nitrogen and oxygen atoms in total. The fourth-order valence-electron chi connectivity index (χ4n) is 4.28. The molecule has 6 rings (SSSR count). The molecule has 1 aromatic heterocycles. The van der Waals surface area contributed by atoms with Crippen LogP contribution in [0, 0.1) is 6.92 Å². The van der Waals surface area contributed by atoms with Gasteiger partial charge in [-0.1, -0.05) is 59.8 Å². The van der Waals surface area contributed by atoms with E-state index in [0.717, 1.165) is 22.9 Å². The van der Waals surface area contributed by atoms with Crippen LogP contribution in [0.5, 0.6) is 11.5 Å². The molecule has 2 aliphatic heterocycles. The molecule has 4 aromatic rings. The maximum absolute atomic E-state index is 13.7. The number of aryl methyl sites for hydroxylation is 1. The van der Waals surface area contributed by atoms with Gasteiger partial charge in [-0.2, -0.15) is 0 Å². The minimum absolute atomic E-state index is 0.0393. The molecule has 38 heavy (non-hydrogen) atoms. The highest BCUT2D eigenvalue weighted by Crippen LogP contribution is 2.43. The van der Waals surface area contributed by atoms with Gasteiger partial charge < -0.3 is 14.8 Å². The molecule has 0 saturated heterocycles. The molecule has 0 spiro atoms. The highest BCUT2D eigenvalue weighted by atomic mass is 32.2. The van der Waals surface area contributed by atoms with E-state index in [0.29, 0.717) is 39.3 Å². The predicted octanol–water partition coefficient (Wildman–Crippen LogP) is 4.62. The smallest absolute Gasteiger partial charge is 0.268 e. The summed E-state index contributed by atoms with van der Waals surface area (Å²) in [5.41, 5.74) is 4.13. The predicted molar refractivity (Wildman–Crippen MR) is 144 cm³/mol. The highest BCUT2D eigenvalue weighted by molar-refractivity contribution is 7.99. The summed E-state index contributed by atoms with van der Waals surface area (Å²) < 4.78 is 39.3. The number of anilines is 2. The maximum atomic E-state index is 13.7. The van der Waals surface area contributed by atoms with Crippen molar-refractivity contribution in [3.63, 3.8) is 0 Å². The normalized spacial score (nSPS) is 14.5. The number of carbonyl (C=O) groups is 1. The zero-order valence-corrected chi connectivity index (χ0v) is 21.9. The van der Waals surface area contributed by atoms with Crippen molar-refractivity contribution in [3.8, 4) is 22.8 Å². The summed E-state index contributed by atoms with van der Waals surface area (Å²) >= 11 is 1.13. The molecular weight excluding hydrogens is 524 g/mol. The Hall–Kier alpha value is -4.09. The summed E-state index contributed by atoms with van der Waals surface area (Å²) in [7, 11) is -3.90. The second kappa shape index (κ2) is 9.66. The van der Waals surface area contributed by atoms with Crippen molar-refractivity contribution < 1.29 is 22.7 Å². The van der Waals surface area contributed by atoms with Crippen molar-refractivity contribution in [2.75, 3.05) is 22.2 Å². The number of aromatic nitrogens is 2. The zero-order valence-electron chi connectivity index (χ0n) is 20.2. The third-order valence-corrected chi connectivity index (χ3v) is 8.79. The zero-order chi connectivity index (χ0) is 26.3. The van der Waals surface area contributed by atoms with Crippen molar-refractivity contribution in [1.82, 2.24) is 9.97 Å². The van der Waals surface area contributed by atoms with Gasteiger partial charge in [-0.05, 0) is 30.7 Å². The largest absolute Gasteiger partial charge is 0.454 e. The first-order valence-electron chi connectivity index (χ1n) is 11.8. The second-order valence-electron chi connectivity index (χ2n) is 8.78. The molecule has 0 bridgehead atoms. The Kier molecular flexibility index (Phi) is 6.16. The lowest BCUT2D eigenvalue weighted by Crippen LogP contribution is -2.34. The Morgan fingerprint density at radius 1 is 1.05 bits per heavy atom. The van der Waals surface area contributed by atoms with Crippen LogP contribution in [-0.4, -0.2) is 36.8 Å². The van der Waals surface area contributed by atoms with Crippen LogP contribution < -0.4 is 19.1 Å². The van der Waals surface area contributed by atoms with Crippen LogP contribution in [0.15, 0.2) is 83.0 Å². The van der Waals surface area contributed by atoms with Crippen LogP contribution in [-0.2, 0) is 21.4 Å². The van der Waals surface area contributed by atoms with E-state index in [4.69, 9.17) is 9.47 Å². The van der Waals surface area contributed by atoms with Gasteiger partial charge in [0, 0.05) is 17.3 Å². The quantitative estimate of drug-likeness (QED) is 0.276. The first-order chi connectivity index (χ1) is 18.4. The average molecular weight is 547 g/mol. The number of benzene rings is 3. The van der Waals surface area contributed by atoms with Gasteiger partial charge in [-0.25, -0.2) is 18.4 Å². The number of nitrogens with one attached hydrogen (secondary N) is 1. The lowest BCUT2D eigenvalue weighted by Gasteiger charge is -2.31. The molecule has 1 N–H and O–H groups in total. The molecular formula is C27H22N4O5S2. The third kappa shape index (κ3) is 4.54. The van der Waals surface area contributed by atoms with Gasteiger partial charge in [0.05, 0.1) is 29.9 Å². The molecule has 0 radical (unpaired) electrons. The first kappa shape index (κ1) is 24.3. The summed E-state index contributed by atoms with van der Waals surface area (Å²) in [6.07, 6.45) is 1.33. The summed E-state index contributed by atoms with van der Waals surface area (Å²) in [6.45, 7) is 2.33. The minimum Gasteiger partial charge on any atom is -0.454 e. The van der Waals surface area contributed by atoms with Crippen LogP contribution in [0.25, 0.3) is 11.3 Å². The Balaban J connectivity index is 1.23. The van der Waals surface area contributed by atoms with Crippen LogP contribution in [0.2, 0.25) is 0 Å². The van der Waals surface area contributed by atoms with E-state index < -0.39 is 10.0 Å². The lowest BCUT2D eigenvalue weighted by molar-refractivity contribution is -0.113. The number of amides is 1. The van der Waals surface area contributed by atoms with E-state index in [1.807, 2.05) is 43.3 Å². The standard InChI is InChI=1S/C27H22N4O5S2/c1-17-6-8-18(9-7-17)14-31-21-5-3-2-4-20(21)26-24(38(31,33)34)13-28-27(30-26)37-15-25(32)29-19-10-11-22-23(12-19)36-16-35-22/h2-13H,14-16H2,1H3,(H,29,32). The summed E-state index contributed by atoms with van der Waals surface area (Å²) in [4.78, 5) is 21.4. The van der Waals surface area contributed by atoms with Gasteiger partial charge in [-0.3, -0.25) is 9.10 Å². The van der Waals surface area contributed by atoms with Gasteiger partial charge in [0.25, 0.3) is 10.0 Å². The minimum atomic E-state index is -3.90. The molecule has 0 saturated carbocycles. The second-order valence-corrected chi connectivity index (χ2v) is 11.6. The number of thioether (sulfide) groups is 1. The van der Waals surface area contributed by atoms with Crippen LogP contribution in [0.1, 0.15) is 11.1 Å².